The van der Waals surface area contributed by atoms with Crippen LogP contribution in [-0.4, -0.2) is 58.6 Å². The molecule has 2 fully saturated rings. The lowest BCUT2D eigenvalue weighted by molar-refractivity contribution is -0.186. The zero-order valence-electron chi connectivity index (χ0n) is 15.0. The molecule has 5 rings (SSSR count). The normalized spacial score (nSPS) is 19.1. The molecule has 28 heavy (non-hydrogen) atoms. The molecular formula is C19H18FN3O3S2. The fourth-order valence-corrected chi connectivity index (χ4v) is 5.91. The number of rotatable bonds is 3. The number of amides is 1. The first kappa shape index (κ1) is 18.2. The average Bonchev–Trinajstić information content (AvgIpc) is 3.32. The Morgan fingerprint density at radius 1 is 1.25 bits per heavy atom. The van der Waals surface area contributed by atoms with Gasteiger partial charge in [0, 0.05) is 30.6 Å². The summed E-state index contributed by atoms with van der Waals surface area (Å²) in [7, 11) is 0. The molecule has 0 atom stereocenters. The monoisotopic (exact) mass is 419 g/mol. The molecule has 2 aliphatic rings. The summed E-state index contributed by atoms with van der Waals surface area (Å²) < 4.78 is 27.3. The Hall–Kier alpha value is -1.81. The van der Waals surface area contributed by atoms with E-state index in [0.29, 0.717) is 50.0 Å². The average molecular weight is 420 g/mol. The lowest BCUT2D eigenvalue weighted by Gasteiger charge is -2.37. The van der Waals surface area contributed by atoms with Gasteiger partial charge in [-0.15, -0.1) is 11.3 Å². The van der Waals surface area contributed by atoms with Crippen LogP contribution in [0.15, 0.2) is 29.6 Å². The van der Waals surface area contributed by atoms with Gasteiger partial charge in [-0.1, -0.05) is 17.8 Å². The number of benzene rings is 1. The molecule has 4 heterocycles. The standard InChI is InChI=1S/C19H18FN3O3S2/c20-12-2-1-3-13-15(12)16-17(28-13)18(22-11-21-16)27-10-14(24)23-6-4-19(5-7-23)25-8-9-26-19/h1-3,11H,4-10H2. The third-order valence-corrected chi connectivity index (χ3v) is 7.47. The van der Waals surface area contributed by atoms with Crippen molar-refractivity contribution < 1.29 is 18.7 Å². The van der Waals surface area contributed by atoms with Gasteiger partial charge in [0.1, 0.15) is 17.2 Å². The molecular weight excluding hydrogens is 401 g/mol. The van der Waals surface area contributed by atoms with Crippen molar-refractivity contribution in [3.8, 4) is 0 Å². The van der Waals surface area contributed by atoms with Gasteiger partial charge in [0.2, 0.25) is 5.91 Å². The molecule has 2 saturated heterocycles. The number of carbonyl (C=O) groups is 1. The fraction of sp³-hybridized carbons (Fsp3) is 0.421. The number of hydrogen-bond donors (Lipinski definition) is 0. The van der Waals surface area contributed by atoms with Crippen LogP contribution in [0.2, 0.25) is 0 Å². The van der Waals surface area contributed by atoms with Gasteiger partial charge in [-0.2, -0.15) is 0 Å². The summed E-state index contributed by atoms with van der Waals surface area (Å²) in [5, 5.41) is 1.24. The van der Waals surface area contributed by atoms with E-state index in [4.69, 9.17) is 9.47 Å². The van der Waals surface area contributed by atoms with E-state index in [2.05, 4.69) is 9.97 Å². The lowest BCUT2D eigenvalue weighted by atomic mass is 10.0. The minimum Gasteiger partial charge on any atom is -0.347 e. The Balaban J connectivity index is 1.30. The first-order chi connectivity index (χ1) is 13.7. The van der Waals surface area contributed by atoms with Crippen LogP contribution in [0.1, 0.15) is 12.8 Å². The Morgan fingerprint density at radius 2 is 2.04 bits per heavy atom. The number of piperidine rings is 1. The molecule has 0 unspecified atom stereocenters. The van der Waals surface area contributed by atoms with Crippen molar-refractivity contribution in [1.29, 1.82) is 0 Å². The molecule has 0 radical (unpaired) electrons. The zero-order valence-corrected chi connectivity index (χ0v) is 16.7. The summed E-state index contributed by atoms with van der Waals surface area (Å²) >= 11 is 2.84. The summed E-state index contributed by atoms with van der Waals surface area (Å²) in [5.41, 5.74) is 0.610. The predicted molar refractivity (Wildman–Crippen MR) is 106 cm³/mol. The van der Waals surface area contributed by atoms with E-state index in [-0.39, 0.29) is 17.5 Å². The van der Waals surface area contributed by atoms with E-state index in [1.807, 2.05) is 11.0 Å². The van der Waals surface area contributed by atoms with Crippen molar-refractivity contribution >= 4 is 49.3 Å². The highest BCUT2D eigenvalue weighted by atomic mass is 32.2. The van der Waals surface area contributed by atoms with Crippen molar-refractivity contribution in [3.63, 3.8) is 0 Å². The van der Waals surface area contributed by atoms with Crippen molar-refractivity contribution in [2.45, 2.75) is 23.7 Å². The number of nitrogens with zero attached hydrogens (tertiary/aromatic N) is 3. The van der Waals surface area contributed by atoms with E-state index < -0.39 is 5.79 Å². The maximum atomic E-state index is 14.2. The summed E-state index contributed by atoms with van der Waals surface area (Å²) in [4.78, 5) is 23.1. The lowest BCUT2D eigenvalue weighted by Crippen LogP contribution is -2.47. The second kappa shape index (κ2) is 7.22. The minimum absolute atomic E-state index is 0.0666. The van der Waals surface area contributed by atoms with Gasteiger partial charge in [-0.3, -0.25) is 4.79 Å². The number of thiophene rings is 1. The summed E-state index contributed by atoms with van der Waals surface area (Å²) in [6.45, 7) is 2.52. The van der Waals surface area contributed by atoms with E-state index >= 15 is 0 Å². The molecule has 6 nitrogen and oxygen atoms in total. The highest BCUT2D eigenvalue weighted by molar-refractivity contribution is 8.00. The van der Waals surface area contributed by atoms with Crippen LogP contribution in [0.3, 0.4) is 0 Å². The Kier molecular flexibility index (Phi) is 4.70. The molecule has 3 aromatic rings. The molecule has 0 aliphatic carbocycles. The summed E-state index contributed by atoms with van der Waals surface area (Å²) in [6, 6.07) is 5.01. The van der Waals surface area contributed by atoms with Crippen molar-refractivity contribution in [2.75, 3.05) is 32.1 Å². The van der Waals surface area contributed by atoms with E-state index in [1.54, 1.807) is 6.07 Å². The number of thioether (sulfide) groups is 1. The molecule has 9 heteroatoms. The maximum absolute atomic E-state index is 14.2. The zero-order chi connectivity index (χ0) is 19.1. The number of halogens is 1. The van der Waals surface area contributed by atoms with Crippen LogP contribution >= 0.6 is 23.1 Å². The molecule has 2 aromatic heterocycles. The SMILES string of the molecule is O=C(CSc1ncnc2c1sc1cccc(F)c12)N1CCC2(CC1)OCCO2. The number of fused-ring (bicyclic) bond motifs is 3. The molecule has 0 bridgehead atoms. The molecule has 0 N–H and O–H groups in total. The van der Waals surface area contributed by atoms with Crippen LogP contribution in [0.5, 0.6) is 0 Å². The summed E-state index contributed by atoms with van der Waals surface area (Å²) in [5.74, 6) is -0.411. The van der Waals surface area contributed by atoms with Gasteiger partial charge in [0.15, 0.2) is 5.79 Å². The Labute approximate surface area is 169 Å². The molecule has 0 saturated carbocycles. The largest absolute Gasteiger partial charge is 0.347 e. The van der Waals surface area contributed by atoms with Crippen LogP contribution in [-0.2, 0) is 14.3 Å². The molecule has 2 aliphatic heterocycles. The molecule has 146 valence electrons. The third-order valence-electron chi connectivity index (χ3n) is 5.22. The number of hydrogen-bond acceptors (Lipinski definition) is 7. The van der Waals surface area contributed by atoms with Gasteiger partial charge in [0.25, 0.3) is 0 Å². The van der Waals surface area contributed by atoms with Gasteiger partial charge in [0.05, 0.1) is 34.6 Å². The number of likely N-dealkylation sites (tertiary alicyclic amines) is 1. The van der Waals surface area contributed by atoms with Gasteiger partial charge >= 0.3 is 0 Å². The van der Waals surface area contributed by atoms with Crippen molar-refractivity contribution in [2.24, 2.45) is 0 Å². The van der Waals surface area contributed by atoms with Crippen LogP contribution < -0.4 is 0 Å². The quantitative estimate of drug-likeness (QED) is 0.479. The third kappa shape index (κ3) is 3.16. The first-order valence-electron chi connectivity index (χ1n) is 9.15. The number of ether oxygens (including phenoxy) is 2. The van der Waals surface area contributed by atoms with E-state index in [9.17, 15) is 9.18 Å². The summed E-state index contributed by atoms with van der Waals surface area (Å²) in [6.07, 6.45) is 2.85. The highest BCUT2D eigenvalue weighted by Gasteiger charge is 2.40. The van der Waals surface area contributed by atoms with Crippen molar-refractivity contribution in [1.82, 2.24) is 14.9 Å². The fourth-order valence-electron chi connectivity index (χ4n) is 3.76. The van der Waals surface area contributed by atoms with E-state index in [0.717, 1.165) is 14.4 Å². The molecule has 1 spiro atoms. The Bertz CT molecular complexity index is 1040. The van der Waals surface area contributed by atoms with Gasteiger partial charge in [-0.05, 0) is 12.1 Å². The van der Waals surface area contributed by atoms with E-state index in [1.165, 1.54) is 35.5 Å². The van der Waals surface area contributed by atoms with Crippen LogP contribution in [0, 0.1) is 5.82 Å². The van der Waals surface area contributed by atoms with Crippen LogP contribution in [0.4, 0.5) is 4.39 Å². The minimum atomic E-state index is -0.482. The van der Waals surface area contributed by atoms with Gasteiger partial charge in [-0.25, -0.2) is 14.4 Å². The van der Waals surface area contributed by atoms with Gasteiger partial charge < -0.3 is 14.4 Å². The topological polar surface area (TPSA) is 64.6 Å². The predicted octanol–water partition coefficient (Wildman–Crippen LogP) is 3.44. The maximum Gasteiger partial charge on any atom is 0.232 e. The molecule has 1 amide bonds. The Morgan fingerprint density at radius 3 is 2.82 bits per heavy atom. The number of aromatic nitrogens is 2. The van der Waals surface area contributed by atoms with Crippen molar-refractivity contribution in [3.05, 3.63) is 30.3 Å². The number of carbonyl (C=O) groups excluding carboxylic acids is 1. The van der Waals surface area contributed by atoms with Crippen LogP contribution in [0.25, 0.3) is 20.3 Å². The molecule has 1 aromatic carbocycles. The second-order valence-electron chi connectivity index (χ2n) is 6.85. The first-order valence-corrected chi connectivity index (χ1v) is 11.0. The highest BCUT2D eigenvalue weighted by Crippen LogP contribution is 2.38. The smallest absolute Gasteiger partial charge is 0.232 e. The second-order valence-corrected chi connectivity index (χ2v) is 8.86.